The van der Waals surface area contributed by atoms with Gasteiger partial charge in [-0.05, 0) is 24.3 Å². The van der Waals surface area contributed by atoms with Crippen LogP contribution in [0.2, 0.25) is 10.0 Å². The van der Waals surface area contributed by atoms with Gasteiger partial charge in [-0.3, -0.25) is 4.21 Å². The van der Waals surface area contributed by atoms with Gasteiger partial charge in [0.2, 0.25) is 0 Å². The van der Waals surface area contributed by atoms with Crippen LogP contribution in [0, 0.1) is 0 Å². The van der Waals surface area contributed by atoms with Crippen molar-refractivity contribution < 1.29 is 4.21 Å². The first-order valence-electron chi connectivity index (χ1n) is 6.50. The molecule has 3 rings (SSSR count). The van der Waals surface area contributed by atoms with E-state index in [2.05, 4.69) is 9.97 Å². The van der Waals surface area contributed by atoms with Crippen LogP contribution in [0.1, 0.15) is 0 Å². The summed E-state index contributed by atoms with van der Waals surface area (Å²) in [5.74, 6) is 0. The summed E-state index contributed by atoms with van der Waals surface area (Å²) in [6, 6.07) is 14.8. The van der Waals surface area contributed by atoms with Gasteiger partial charge >= 0.3 is 0 Å². The van der Waals surface area contributed by atoms with E-state index in [1.165, 1.54) is 0 Å². The number of H-pyrrole nitrogens is 1. The average Bonchev–Trinajstić information content (AvgIpc) is 2.94. The molecule has 0 saturated carbocycles. The minimum atomic E-state index is -1.19. The lowest BCUT2D eigenvalue weighted by molar-refractivity contribution is 0.681. The molecule has 0 saturated heterocycles. The molecule has 0 aliphatic heterocycles. The van der Waals surface area contributed by atoms with Gasteiger partial charge in [0.05, 0.1) is 22.2 Å². The van der Waals surface area contributed by atoms with Gasteiger partial charge in [0.1, 0.15) is 0 Å². The molecule has 1 N–H and O–H groups in total. The summed E-state index contributed by atoms with van der Waals surface area (Å²) < 4.78 is 11.8. The van der Waals surface area contributed by atoms with Crippen molar-refractivity contribution >= 4 is 34.0 Å². The van der Waals surface area contributed by atoms with Gasteiger partial charge in [0.25, 0.3) is 0 Å². The fourth-order valence-electron chi connectivity index (χ4n) is 2.13. The molecular formula is C16H12Cl2N2OS. The van der Waals surface area contributed by atoms with Gasteiger partial charge in [-0.2, -0.15) is 0 Å². The number of hydrogen-bond donors (Lipinski definition) is 1. The predicted octanol–water partition coefficient (Wildman–Crippen LogP) is 4.79. The van der Waals surface area contributed by atoms with E-state index >= 15 is 0 Å². The van der Waals surface area contributed by atoms with E-state index in [4.69, 9.17) is 23.2 Å². The largest absolute Gasteiger partial charge is 0.330 e. The van der Waals surface area contributed by atoms with Crippen LogP contribution in [0.3, 0.4) is 0 Å². The third-order valence-electron chi connectivity index (χ3n) is 3.20. The Hall–Kier alpha value is -1.62. The highest BCUT2D eigenvalue weighted by Crippen LogP contribution is 2.32. The van der Waals surface area contributed by atoms with Crippen LogP contribution in [0.5, 0.6) is 0 Å². The van der Waals surface area contributed by atoms with Crippen LogP contribution in [0.4, 0.5) is 0 Å². The van der Waals surface area contributed by atoms with E-state index in [0.717, 1.165) is 22.5 Å². The number of hydrogen-bond acceptors (Lipinski definition) is 2. The minimum absolute atomic E-state index is 0.440. The molecule has 0 aliphatic rings. The molecule has 1 aromatic heterocycles. The summed E-state index contributed by atoms with van der Waals surface area (Å²) in [5.41, 5.74) is 3.38. The zero-order chi connectivity index (χ0) is 15.7. The third-order valence-corrected chi connectivity index (χ3v) is 4.45. The van der Waals surface area contributed by atoms with Crippen molar-refractivity contribution in [3.63, 3.8) is 0 Å². The van der Waals surface area contributed by atoms with Crippen molar-refractivity contribution in [1.82, 2.24) is 9.97 Å². The maximum atomic E-state index is 11.8. The molecular weight excluding hydrogens is 339 g/mol. The van der Waals surface area contributed by atoms with Gasteiger partial charge in [0, 0.05) is 27.4 Å². The zero-order valence-corrected chi connectivity index (χ0v) is 14.0. The molecule has 0 radical (unpaired) electrons. The second-order valence-corrected chi connectivity index (χ2v) is 6.90. The Morgan fingerprint density at radius 2 is 1.41 bits per heavy atom. The topological polar surface area (TPSA) is 45.8 Å². The first kappa shape index (κ1) is 15.3. The number of halogens is 2. The second-order valence-electron chi connectivity index (χ2n) is 4.73. The molecule has 3 nitrogen and oxygen atoms in total. The molecule has 0 spiro atoms. The van der Waals surface area contributed by atoms with Crippen molar-refractivity contribution in [2.75, 3.05) is 6.26 Å². The fourth-order valence-corrected chi connectivity index (χ4v) is 2.85. The van der Waals surface area contributed by atoms with Crippen molar-refractivity contribution in [3.05, 3.63) is 58.6 Å². The summed E-state index contributed by atoms with van der Waals surface area (Å²) in [5, 5.41) is 1.76. The van der Waals surface area contributed by atoms with Gasteiger partial charge in [0.15, 0.2) is 5.16 Å². The quantitative estimate of drug-likeness (QED) is 0.738. The van der Waals surface area contributed by atoms with Crippen molar-refractivity contribution in [2.45, 2.75) is 5.16 Å². The number of rotatable bonds is 3. The first-order valence-corrected chi connectivity index (χ1v) is 8.81. The average molecular weight is 351 g/mol. The highest BCUT2D eigenvalue weighted by molar-refractivity contribution is 7.84. The Morgan fingerprint density at radius 3 is 1.91 bits per heavy atom. The van der Waals surface area contributed by atoms with Gasteiger partial charge in [-0.1, -0.05) is 47.5 Å². The lowest BCUT2D eigenvalue weighted by Gasteiger charge is -2.03. The maximum Gasteiger partial charge on any atom is 0.197 e. The van der Waals surface area contributed by atoms with Crippen LogP contribution < -0.4 is 0 Å². The van der Waals surface area contributed by atoms with E-state index in [9.17, 15) is 4.21 Å². The standard InChI is InChI=1S/C16H12Cl2N2OS/c1-22(21)16-19-14(10-2-6-12(17)7-3-10)15(20-16)11-4-8-13(18)9-5-11/h2-9H,1H3,(H,19,20). The maximum absolute atomic E-state index is 11.8. The summed E-state index contributed by atoms with van der Waals surface area (Å²) in [4.78, 5) is 7.62. The molecule has 1 heterocycles. The van der Waals surface area contributed by atoms with Crippen LogP contribution >= 0.6 is 23.2 Å². The smallest absolute Gasteiger partial charge is 0.197 e. The number of nitrogens with zero attached hydrogens (tertiary/aromatic N) is 1. The van der Waals surface area contributed by atoms with Crippen LogP contribution in [-0.4, -0.2) is 20.4 Å². The van der Waals surface area contributed by atoms with Gasteiger partial charge < -0.3 is 4.98 Å². The third kappa shape index (κ3) is 3.09. The summed E-state index contributed by atoms with van der Waals surface area (Å²) in [6.07, 6.45) is 1.59. The molecule has 1 atom stereocenters. The number of aromatic amines is 1. The molecule has 112 valence electrons. The SMILES string of the molecule is CS(=O)c1nc(-c2ccc(Cl)cc2)c(-c2ccc(Cl)cc2)[nH]1. The molecule has 2 aromatic carbocycles. The molecule has 3 aromatic rings. The molecule has 22 heavy (non-hydrogen) atoms. The Morgan fingerprint density at radius 1 is 0.909 bits per heavy atom. The molecule has 1 unspecified atom stereocenters. The Kier molecular flexibility index (Phi) is 4.34. The van der Waals surface area contributed by atoms with E-state index in [1.807, 2.05) is 36.4 Å². The lowest BCUT2D eigenvalue weighted by atomic mass is 10.1. The van der Waals surface area contributed by atoms with Crippen LogP contribution in [0.15, 0.2) is 53.7 Å². The summed E-state index contributed by atoms with van der Waals surface area (Å²) in [6.45, 7) is 0. The van der Waals surface area contributed by atoms with E-state index < -0.39 is 10.8 Å². The van der Waals surface area contributed by atoms with E-state index in [-0.39, 0.29) is 0 Å². The molecule has 0 aliphatic carbocycles. The monoisotopic (exact) mass is 350 g/mol. The van der Waals surface area contributed by atoms with Crippen LogP contribution in [0.25, 0.3) is 22.5 Å². The lowest BCUT2D eigenvalue weighted by Crippen LogP contribution is -1.89. The molecule has 0 bridgehead atoms. The number of aromatic nitrogens is 2. The Labute approximate surface area is 140 Å². The second kappa shape index (κ2) is 6.24. The number of imidazole rings is 1. The van der Waals surface area contributed by atoms with Crippen molar-refractivity contribution in [1.29, 1.82) is 0 Å². The predicted molar refractivity (Wildman–Crippen MR) is 91.8 cm³/mol. The molecule has 0 fully saturated rings. The highest BCUT2D eigenvalue weighted by Gasteiger charge is 2.15. The normalized spacial score (nSPS) is 12.3. The van der Waals surface area contributed by atoms with Crippen molar-refractivity contribution in [2.24, 2.45) is 0 Å². The van der Waals surface area contributed by atoms with Crippen molar-refractivity contribution in [3.8, 4) is 22.5 Å². The zero-order valence-electron chi connectivity index (χ0n) is 11.6. The van der Waals surface area contributed by atoms with Gasteiger partial charge in [-0.15, -0.1) is 0 Å². The van der Waals surface area contributed by atoms with E-state index in [1.54, 1.807) is 18.4 Å². The summed E-state index contributed by atoms with van der Waals surface area (Å²) in [7, 11) is -1.19. The van der Waals surface area contributed by atoms with E-state index in [0.29, 0.717) is 15.2 Å². The highest BCUT2D eigenvalue weighted by atomic mass is 35.5. The Balaban J connectivity index is 2.17. The molecule has 6 heteroatoms. The number of benzene rings is 2. The fraction of sp³-hybridized carbons (Fsp3) is 0.0625. The van der Waals surface area contributed by atoms with Gasteiger partial charge in [-0.25, -0.2) is 4.98 Å². The Bertz CT molecular complexity index is 763. The summed E-state index contributed by atoms with van der Waals surface area (Å²) >= 11 is 11.9. The number of nitrogens with one attached hydrogen (secondary N) is 1. The van der Waals surface area contributed by atoms with Crippen LogP contribution in [-0.2, 0) is 10.8 Å². The minimum Gasteiger partial charge on any atom is -0.330 e. The first-order chi connectivity index (χ1) is 10.5. The molecule has 0 amide bonds.